The zero-order valence-corrected chi connectivity index (χ0v) is 19.0. The second kappa shape index (κ2) is 8.93. The van der Waals surface area contributed by atoms with Gasteiger partial charge in [-0.15, -0.1) is 0 Å². The number of carbonyl (C=O) groups is 1. The Labute approximate surface area is 194 Å². The molecule has 0 spiro atoms. The average molecular weight is 465 g/mol. The Morgan fingerprint density at radius 2 is 1.74 bits per heavy atom. The zero-order chi connectivity index (χ0) is 24.6. The first kappa shape index (κ1) is 22.9. The molecule has 11 nitrogen and oxygen atoms in total. The second-order valence-electron chi connectivity index (χ2n) is 8.08. The summed E-state index contributed by atoms with van der Waals surface area (Å²) in [5.74, 6) is 0.982. The first-order valence-corrected chi connectivity index (χ1v) is 10.6. The van der Waals surface area contributed by atoms with Gasteiger partial charge in [0.15, 0.2) is 0 Å². The summed E-state index contributed by atoms with van der Waals surface area (Å²) in [5.41, 5.74) is 0.973. The van der Waals surface area contributed by atoms with Crippen LogP contribution in [-0.2, 0) is 0 Å². The number of nitrogens with zero attached hydrogens (tertiary/aromatic N) is 5. The molecule has 1 fully saturated rings. The van der Waals surface area contributed by atoms with E-state index in [4.69, 9.17) is 9.72 Å². The van der Waals surface area contributed by atoms with Gasteiger partial charge in [-0.05, 0) is 31.5 Å². The number of anilines is 1. The molecule has 176 valence electrons. The van der Waals surface area contributed by atoms with Crippen molar-refractivity contribution >= 4 is 34.0 Å². The maximum Gasteiger partial charge on any atom is 0.279 e. The van der Waals surface area contributed by atoms with Crippen molar-refractivity contribution in [2.24, 2.45) is 0 Å². The lowest BCUT2D eigenvalue weighted by Gasteiger charge is -2.36. The van der Waals surface area contributed by atoms with E-state index in [1.165, 1.54) is 6.92 Å². The molecule has 1 aromatic heterocycles. The average Bonchev–Trinajstić information content (AvgIpc) is 2.83. The maximum atomic E-state index is 13.2. The van der Waals surface area contributed by atoms with E-state index in [-0.39, 0.29) is 11.1 Å². The van der Waals surface area contributed by atoms with Crippen molar-refractivity contribution < 1.29 is 19.4 Å². The Balaban J connectivity index is 1.58. The van der Waals surface area contributed by atoms with Crippen LogP contribution < -0.4 is 9.64 Å². The molecule has 0 bridgehead atoms. The summed E-state index contributed by atoms with van der Waals surface area (Å²) in [5, 5.41) is 23.6. The Morgan fingerprint density at radius 1 is 1.03 bits per heavy atom. The van der Waals surface area contributed by atoms with Crippen molar-refractivity contribution in [2.45, 2.75) is 13.8 Å². The standard InChI is InChI=1S/C23H23N5O6/c1-14-11-21(24-22-17(14)5-4-6-20(22)34-3)25-7-9-26(10-8-25)23(29)18-12-16(27(30)31)13-19(15(18)2)28(32)33/h4-6,11-13H,7-10H2,1-3H3. The SMILES string of the molecule is COc1cccc2c(C)cc(N3CCN(C(=O)c4cc([N+](=O)[O-])cc([N+](=O)[O-])c4C)CC3)nc12. The molecule has 0 saturated carbocycles. The van der Waals surface area contributed by atoms with Gasteiger partial charge in [-0.1, -0.05) is 12.1 Å². The number of pyridine rings is 1. The molecule has 1 amide bonds. The highest BCUT2D eigenvalue weighted by atomic mass is 16.6. The zero-order valence-electron chi connectivity index (χ0n) is 19.0. The largest absolute Gasteiger partial charge is 0.494 e. The van der Waals surface area contributed by atoms with Gasteiger partial charge in [0.25, 0.3) is 17.3 Å². The van der Waals surface area contributed by atoms with Crippen molar-refractivity contribution in [2.75, 3.05) is 38.2 Å². The molecular formula is C23H23N5O6. The van der Waals surface area contributed by atoms with Crippen molar-refractivity contribution in [3.8, 4) is 5.75 Å². The van der Waals surface area contributed by atoms with Crippen LogP contribution in [0.15, 0.2) is 36.4 Å². The predicted octanol–water partition coefficient (Wildman–Crippen LogP) is 3.64. The number of fused-ring (bicyclic) bond motifs is 1. The van der Waals surface area contributed by atoms with Gasteiger partial charge < -0.3 is 14.5 Å². The molecule has 1 saturated heterocycles. The summed E-state index contributed by atoms with van der Waals surface area (Å²) < 4.78 is 5.46. The number of methoxy groups -OCH3 is 1. The number of hydrogen-bond donors (Lipinski definition) is 0. The van der Waals surface area contributed by atoms with Gasteiger partial charge in [0.1, 0.15) is 17.1 Å². The molecule has 1 aliphatic rings. The summed E-state index contributed by atoms with van der Waals surface area (Å²) in [6.45, 7) is 5.12. The molecule has 34 heavy (non-hydrogen) atoms. The number of benzene rings is 2. The molecule has 0 N–H and O–H groups in total. The van der Waals surface area contributed by atoms with Crippen LogP contribution in [0.3, 0.4) is 0 Å². The van der Waals surface area contributed by atoms with Crippen molar-refractivity contribution in [1.82, 2.24) is 9.88 Å². The van der Waals surface area contributed by atoms with Gasteiger partial charge in [0, 0.05) is 43.2 Å². The minimum Gasteiger partial charge on any atom is -0.494 e. The third kappa shape index (κ3) is 4.07. The van der Waals surface area contributed by atoms with E-state index in [1.54, 1.807) is 12.0 Å². The second-order valence-corrected chi connectivity index (χ2v) is 8.08. The Hall–Kier alpha value is -4.28. The molecule has 3 aromatic rings. The normalized spacial score (nSPS) is 13.7. The van der Waals surface area contributed by atoms with Crippen LogP contribution in [0.2, 0.25) is 0 Å². The van der Waals surface area contributed by atoms with Crippen molar-refractivity contribution in [3.63, 3.8) is 0 Å². The first-order chi connectivity index (χ1) is 16.2. The number of aromatic nitrogens is 1. The quantitative estimate of drug-likeness (QED) is 0.412. The Kier molecular flexibility index (Phi) is 6.01. The Morgan fingerprint density at radius 3 is 2.35 bits per heavy atom. The van der Waals surface area contributed by atoms with E-state index in [9.17, 15) is 25.0 Å². The summed E-state index contributed by atoms with van der Waals surface area (Å²) in [6.07, 6.45) is 0. The number of amides is 1. The first-order valence-electron chi connectivity index (χ1n) is 10.6. The third-order valence-electron chi connectivity index (χ3n) is 6.11. The van der Waals surface area contributed by atoms with E-state index in [0.717, 1.165) is 34.4 Å². The molecule has 0 atom stereocenters. The van der Waals surface area contributed by atoms with Gasteiger partial charge in [0.2, 0.25) is 0 Å². The van der Waals surface area contributed by atoms with Crippen LogP contribution in [0.1, 0.15) is 21.5 Å². The lowest BCUT2D eigenvalue weighted by Crippen LogP contribution is -2.49. The number of nitro groups is 2. The topological polar surface area (TPSA) is 132 Å². The fourth-order valence-electron chi connectivity index (χ4n) is 4.21. The highest BCUT2D eigenvalue weighted by Crippen LogP contribution is 2.31. The number of rotatable bonds is 5. The molecule has 0 radical (unpaired) electrons. The van der Waals surface area contributed by atoms with Gasteiger partial charge in [0.05, 0.1) is 28.6 Å². The van der Waals surface area contributed by atoms with Crippen LogP contribution >= 0.6 is 0 Å². The minimum atomic E-state index is -0.733. The van der Waals surface area contributed by atoms with Gasteiger partial charge in [-0.2, -0.15) is 0 Å². The van der Waals surface area contributed by atoms with E-state index >= 15 is 0 Å². The van der Waals surface area contributed by atoms with Crippen LogP contribution in [0.25, 0.3) is 10.9 Å². The molecule has 0 aliphatic carbocycles. The smallest absolute Gasteiger partial charge is 0.279 e. The molecular weight excluding hydrogens is 442 g/mol. The van der Waals surface area contributed by atoms with E-state index < -0.39 is 27.1 Å². The predicted molar refractivity (Wildman–Crippen MR) is 126 cm³/mol. The molecule has 2 heterocycles. The highest BCUT2D eigenvalue weighted by molar-refractivity contribution is 5.97. The number of ether oxygens (including phenoxy) is 1. The van der Waals surface area contributed by atoms with E-state index in [1.807, 2.05) is 31.2 Å². The number of aryl methyl sites for hydroxylation is 1. The molecule has 11 heteroatoms. The number of nitro benzene ring substituents is 2. The molecule has 1 aliphatic heterocycles. The molecule has 0 unspecified atom stereocenters. The number of piperazine rings is 1. The fourth-order valence-corrected chi connectivity index (χ4v) is 4.21. The number of hydrogen-bond acceptors (Lipinski definition) is 8. The molecule has 4 rings (SSSR count). The Bertz CT molecular complexity index is 1320. The minimum absolute atomic E-state index is 0.0289. The van der Waals surface area contributed by atoms with Gasteiger partial charge in [-0.3, -0.25) is 25.0 Å². The van der Waals surface area contributed by atoms with Crippen LogP contribution in [0, 0.1) is 34.1 Å². The summed E-state index contributed by atoms with van der Waals surface area (Å²) in [7, 11) is 1.60. The lowest BCUT2D eigenvalue weighted by molar-refractivity contribution is -0.394. The number of carbonyl (C=O) groups excluding carboxylic acids is 1. The van der Waals surface area contributed by atoms with E-state index in [0.29, 0.717) is 31.9 Å². The van der Waals surface area contributed by atoms with Crippen LogP contribution in [-0.4, -0.2) is 58.9 Å². The van der Waals surface area contributed by atoms with Gasteiger partial charge in [-0.25, -0.2) is 4.98 Å². The van der Waals surface area contributed by atoms with Crippen LogP contribution in [0.4, 0.5) is 17.2 Å². The van der Waals surface area contributed by atoms with E-state index in [2.05, 4.69) is 4.90 Å². The lowest BCUT2D eigenvalue weighted by atomic mass is 10.0. The fraction of sp³-hybridized carbons (Fsp3) is 0.304. The summed E-state index contributed by atoms with van der Waals surface area (Å²) >= 11 is 0. The maximum absolute atomic E-state index is 13.2. The van der Waals surface area contributed by atoms with Crippen molar-refractivity contribution in [3.05, 3.63) is 73.3 Å². The highest BCUT2D eigenvalue weighted by Gasteiger charge is 2.29. The number of para-hydroxylation sites is 1. The summed E-state index contributed by atoms with van der Waals surface area (Å²) in [6, 6.07) is 9.74. The van der Waals surface area contributed by atoms with Crippen molar-refractivity contribution in [1.29, 1.82) is 0 Å². The number of non-ortho nitro benzene ring substituents is 1. The van der Waals surface area contributed by atoms with Crippen LogP contribution in [0.5, 0.6) is 5.75 Å². The third-order valence-corrected chi connectivity index (χ3v) is 6.11. The monoisotopic (exact) mass is 465 g/mol. The summed E-state index contributed by atoms with van der Waals surface area (Å²) in [4.78, 5) is 42.7. The van der Waals surface area contributed by atoms with Gasteiger partial charge >= 0.3 is 0 Å². The molecule has 2 aromatic carbocycles.